The van der Waals surface area contributed by atoms with E-state index >= 15 is 0 Å². The molecular formula is C21H20BrF2N5O. The van der Waals surface area contributed by atoms with Crippen LogP contribution in [0.5, 0.6) is 5.75 Å². The van der Waals surface area contributed by atoms with Gasteiger partial charge < -0.3 is 9.64 Å². The molecule has 1 fully saturated rings. The van der Waals surface area contributed by atoms with Crippen LogP contribution in [0.3, 0.4) is 0 Å². The molecule has 4 aromatic rings. The minimum absolute atomic E-state index is 0.0275. The Kier molecular flexibility index (Phi) is 4.85. The Hall–Kier alpha value is -2.68. The number of fused-ring (bicyclic) bond motifs is 2. The van der Waals surface area contributed by atoms with E-state index in [2.05, 4.69) is 26.0 Å². The first-order chi connectivity index (χ1) is 14.5. The number of rotatable bonds is 4. The molecule has 5 rings (SSSR count). The molecule has 1 aliphatic rings. The highest BCUT2D eigenvalue weighted by Crippen LogP contribution is 2.32. The Labute approximate surface area is 180 Å². The maximum Gasteiger partial charge on any atom is 0.321 e. The molecule has 9 heteroatoms. The Morgan fingerprint density at radius 3 is 2.63 bits per heavy atom. The second-order valence-corrected chi connectivity index (χ2v) is 8.20. The summed E-state index contributed by atoms with van der Waals surface area (Å²) in [5.41, 5.74) is 2.03. The van der Waals surface area contributed by atoms with Crippen LogP contribution in [0.2, 0.25) is 0 Å². The van der Waals surface area contributed by atoms with Crippen molar-refractivity contribution in [2.24, 2.45) is 7.05 Å². The molecule has 2 aromatic heterocycles. The lowest BCUT2D eigenvalue weighted by Crippen LogP contribution is -2.39. The first-order valence-corrected chi connectivity index (χ1v) is 10.6. The van der Waals surface area contributed by atoms with Crippen LogP contribution < -0.4 is 9.64 Å². The predicted molar refractivity (Wildman–Crippen MR) is 115 cm³/mol. The maximum atomic E-state index is 13.7. The van der Waals surface area contributed by atoms with Crippen LogP contribution in [-0.4, -0.2) is 38.5 Å². The van der Waals surface area contributed by atoms with Crippen LogP contribution in [0.1, 0.15) is 19.4 Å². The lowest BCUT2D eigenvalue weighted by molar-refractivity contribution is 0.0752. The van der Waals surface area contributed by atoms with Gasteiger partial charge in [-0.25, -0.2) is 4.98 Å². The van der Waals surface area contributed by atoms with Crippen LogP contribution >= 0.6 is 15.9 Å². The molecule has 0 bridgehead atoms. The molecule has 0 atom stereocenters. The van der Waals surface area contributed by atoms with Gasteiger partial charge in [0.05, 0.1) is 16.6 Å². The highest BCUT2D eigenvalue weighted by Gasteiger charge is 2.27. The lowest BCUT2D eigenvalue weighted by atomic mass is 10.1. The molecule has 156 valence electrons. The van der Waals surface area contributed by atoms with Gasteiger partial charge in [-0.15, -0.1) is 0 Å². The molecule has 0 amide bonds. The normalized spacial score (nSPS) is 15.6. The molecule has 0 N–H and O–H groups in total. The summed E-state index contributed by atoms with van der Waals surface area (Å²) in [6.07, 6.45) is 1.50. The van der Waals surface area contributed by atoms with Crippen molar-refractivity contribution >= 4 is 43.8 Å². The van der Waals surface area contributed by atoms with E-state index in [9.17, 15) is 8.78 Å². The van der Waals surface area contributed by atoms with Crippen LogP contribution in [0.4, 0.5) is 14.7 Å². The Balaban J connectivity index is 1.32. The van der Waals surface area contributed by atoms with Crippen molar-refractivity contribution in [1.29, 1.82) is 0 Å². The molecule has 30 heavy (non-hydrogen) atoms. The Bertz CT molecular complexity index is 1210. The number of halogens is 3. The molecule has 0 aliphatic carbocycles. The van der Waals surface area contributed by atoms with Gasteiger partial charge in [0.15, 0.2) is 0 Å². The Morgan fingerprint density at radius 1 is 1.10 bits per heavy atom. The maximum absolute atomic E-state index is 13.7. The smallest absolute Gasteiger partial charge is 0.321 e. The van der Waals surface area contributed by atoms with Gasteiger partial charge in [-0.1, -0.05) is 12.1 Å². The summed E-state index contributed by atoms with van der Waals surface area (Å²) in [5.74, 6) is 1.11. The number of anilines is 1. The first kappa shape index (κ1) is 19.3. The third-order valence-corrected chi connectivity index (χ3v) is 6.16. The summed E-state index contributed by atoms with van der Waals surface area (Å²) in [6, 6.07) is 12.9. The third kappa shape index (κ3) is 3.30. The summed E-state index contributed by atoms with van der Waals surface area (Å²) in [6.45, 7) is -1.41. The molecule has 2 aromatic carbocycles. The number of para-hydroxylation sites is 2. The van der Waals surface area contributed by atoms with Crippen molar-refractivity contribution in [3.05, 3.63) is 47.1 Å². The predicted octanol–water partition coefficient (Wildman–Crippen LogP) is 5.13. The van der Waals surface area contributed by atoms with Gasteiger partial charge in [0.1, 0.15) is 16.5 Å². The highest BCUT2D eigenvalue weighted by molar-refractivity contribution is 9.10. The number of benzene rings is 2. The van der Waals surface area contributed by atoms with E-state index < -0.39 is 6.55 Å². The van der Waals surface area contributed by atoms with E-state index in [4.69, 9.17) is 4.74 Å². The number of ether oxygens (including phenoxy) is 1. The average molecular weight is 476 g/mol. The fourth-order valence-electron chi connectivity index (χ4n) is 4.08. The number of hydrogen-bond acceptors (Lipinski definition) is 4. The highest BCUT2D eigenvalue weighted by atomic mass is 79.9. The van der Waals surface area contributed by atoms with Gasteiger partial charge in [0.2, 0.25) is 5.95 Å². The van der Waals surface area contributed by atoms with Crippen molar-refractivity contribution < 1.29 is 13.5 Å². The molecule has 0 saturated carbocycles. The van der Waals surface area contributed by atoms with Gasteiger partial charge in [0.25, 0.3) is 0 Å². The summed E-state index contributed by atoms with van der Waals surface area (Å²) in [5, 5.41) is 5.40. The van der Waals surface area contributed by atoms with E-state index in [0.717, 1.165) is 38.7 Å². The first-order valence-electron chi connectivity index (χ1n) is 9.80. The van der Waals surface area contributed by atoms with Crippen molar-refractivity contribution in [2.45, 2.75) is 25.5 Å². The molecular weight excluding hydrogens is 456 g/mol. The third-order valence-electron chi connectivity index (χ3n) is 5.58. The number of hydrogen-bond donors (Lipinski definition) is 0. The zero-order chi connectivity index (χ0) is 20.8. The standard InChI is InChI=1S/C21H20BrF2N5O/c1-27-18-12-14(6-7-15(18)19(22)26-27)30-13-8-10-28(11-9-13)21-25-16-4-2-3-5-17(16)29(21)20(23)24/h2-7,12-13,20H,8-11H2,1H3. The van der Waals surface area contributed by atoms with Gasteiger partial charge in [-0.2, -0.15) is 13.9 Å². The number of aryl methyl sites for hydroxylation is 1. The lowest BCUT2D eigenvalue weighted by Gasteiger charge is -2.33. The van der Waals surface area contributed by atoms with Crippen LogP contribution in [0.15, 0.2) is 47.1 Å². The van der Waals surface area contributed by atoms with Gasteiger partial charge in [-0.3, -0.25) is 9.25 Å². The van der Waals surface area contributed by atoms with Crippen molar-refractivity contribution in [3.63, 3.8) is 0 Å². The molecule has 0 radical (unpaired) electrons. The molecule has 0 spiro atoms. The van der Waals surface area contributed by atoms with Gasteiger partial charge in [0, 0.05) is 44.4 Å². The zero-order valence-corrected chi connectivity index (χ0v) is 17.9. The minimum atomic E-state index is -2.63. The van der Waals surface area contributed by atoms with Crippen molar-refractivity contribution in [2.75, 3.05) is 18.0 Å². The van der Waals surface area contributed by atoms with Crippen LogP contribution in [0.25, 0.3) is 21.9 Å². The fraction of sp³-hybridized carbons (Fsp3) is 0.333. The molecule has 3 heterocycles. The van der Waals surface area contributed by atoms with Crippen molar-refractivity contribution in [3.8, 4) is 5.75 Å². The summed E-state index contributed by atoms with van der Waals surface area (Å²) in [4.78, 5) is 6.39. The Morgan fingerprint density at radius 2 is 1.87 bits per heavy atom. The topological polar surface area (TPSA) is 48.1 Å². The van der Waals surface area contributed by atoms with E-state index in [1.165, 1.54) is 0 Å². The van der Waals surface area contributed by atoms with Crippen LogP contribution in [-0.2, 0) is 7.05 Å². The average Bonchev–Trinajstić information content (AvgIpc) is 3.26. The van der Waals surface area contributed by atoms with Gasteiger partial charge in [-0.05, 0) is 40.2 Å². The monoisotopic (exact) mass is 475 g/mol. The van der Waals surface area contributed by atoms with E-state index in [1.54, 1.807) is 18.2 Å². The van der Waals surface area contributed by atoms with Gasteiger partial charge >= 0.3 is 6.55 Å². The van der Waals surface area contributed by atoms with E-state index in [1.807, 2.05) is 40.9 Å². The van der Waals surface area contributed by atoms with E-state index in [-0.39, 0.29) is 6.10 Å². The minimum Gasteiger partial charge on any atom is -0.490 e. The fourth-order valence-corrected chi connectivity index (χ4v) is 4.65. The number of nitrogens with zero attached hydrogens (tertiary/aromatic N) is 5. The second-order valence-electron chi connectivity index (χ2n) is 7.45. The zero-order valence-electron chi connectivity index (χ0n) is 16.3. The number of imidazole rings is 1. The molecule has 1 aliphatic heterocycles. The molecule has 6 nitrogen and oxygen atoms in total. The second kappa shape index (κ2) is 7.54. The van der Waals surface area contributed by atoms with E-state index in [0.29, 0.717) is 30.1 Å². The SMILES string of the molecule is Cn1nc(Br)c2ccc(OC3CCN(c4nc5ccccc5n4C(F)F)CC3)cc21. The molecule has 0 unspecified atom stereocenters. The number of aromatic nitrogens is 4. The van der Waals surface area contributed by atoms with Crippen LogP contribution in [0, 0.1) is 0 Å². The molecule has 1 saturated heterocycles. The van der Waals surface area contributed by atoms with Crippen molar-refractivity contribution in [1.82, 2.24) is 19.3 Å². The quantitative estimate of drug-likeness (QED) is 0.410. The summed E-state index contributed by atoms with van der Waals surface area (Å²) in [7, 11) is 1.89. The summed E-state index contributed by atoms with van der Waals surface area (Å²) >= 11 is 3.46. The summed E-state index contributed by atoms with van der Waals surface area (Å²) < 4.78 is 37.3. The number of piperidine rings is 1. The largest absolute Gasteiger partial charge is 0.490 e. The number of alkyl halides is 2.